The van der Waals surface area contributed by atoms with E-state index >= 15 is 0 Å². The molecule has 2 N–H and O–H groups in total. The molecule has 0 radical (unpaired) electrons. The van der Waals surface area contributed by atoms with Gasteiger partial charge in [-0.3, -0.25) is 9.59 Å². The van der Waals surface area contributed by atoms with E-state index in [1.165, 1.54) is 17.0 Å². The second-order valence-electron chi connectivity index (χ2n) is 5.48. The van der Waals surface area contributed by atoms with E-state index in [1.807, 2.05) is 6.92 Å². The number of halogens is 1. The number of nitrogens with one attached hydrogen (secondary N) is 1. The van der Waals surface area contributed by atoms with Crippen LogP contribution < -0.4 is 5.32 Å². The van der Waals surface area contributed by atoms with Crippen molar-refractivity contribution < 1.29 is 23.9 Å². The van der Waals surface area contributed by atoms with Gasteiger partial charge in [-0.25, -0.2) is 9.18 Å². The fourth-order valence-corrected chi connectivity index (χ4v) is 2.66. The van der Waals surface area contributed by atoms with Crippen LogP contribution in [-0.2, 0) is 9.59 Å². The molecule has 1 atom stereocenters. The summed E-state index contributed by atoms with van der Waals surface area (Å²) in [6, 6.07) is 2.68. The van der Waals surface area contributed by atoms with Crippen LogP contribution in [0.25, 0.3) is 0 Å². The predicted molar refractivity (Wildman–Crippen MR) is 81.6 cm³/mol. The molecule has 2 amide bonds. The van der Waals surface area contributed by atoms with Crippen molar-refractivity contribution in [3.63, 3.8) is 0 Å². The van der Waals surface area contributed by atoms with Crippen molar-refractivity contribution in [2.24, 2.45) is 0 Å². The Hall–Kier alpha value is -2.44. The van der Waals surface area contributed by atoms with Crippen molar-refractivity contribution in [1.29, 1.82) is 0 Å². The highest BCUT2D eigenvalue weighted by Crippen LogP contribution is 2.22. The molecule has 1 fully saturated rings. The molecule has 0 aromatic heterocycles. The summed E-state index contributed by atoms with van der Waals surface area (Å²) in [7, 11) is 0. The number of aromatic carboxylic acids is 1. The van der Waals surface area contributed by atoms with Crippen LogP contribution in [0.1, 0.15) is 43.0 Å². The Morgan fingerprint density at radius 2 is 2.13 bits per heavy atom. The monoisotopic (exact) mass is 322 g/mol. The van der Waals surface area contributed by atoms with Crippen LogP contribution in [0.3, 0.4) is 0 Å². The summed E-state index contributed by atoms with van der Waals surface area (Å²) in [4.78, 5) is 36.6. The lowest BCUT2D eigenvalue weighted by molar-refractivity contribution is -0.136. The van der Waals surface area contributed by atoms with Crippen LogP contribution in [0, 0.1) is 5.82 Å². The topological polar surface area (TPSA) is 86.7 Å². The zero-order chi connectivity index (χ0) is 17.0. The third kappa shape index (κ3) is 3.85. The minimum Gasteiger partial charge on any atom is -0.478 e. The molecule has 23 heavy (non-hydrogen) atoms. The molecular weight excluding hydrogens is 303 g/mol. The number of carboxylic acid groups (broad SMARTS) is 1. The number of carbonyl (C=O) groups excluding carboxylic acids is 2. The predicted octanol–water partition coefficient (Wildman–Crippen LogP) is 2.25. The van der Waals surface area contributed by atoms with Crippen LogP contribution in [0.4, 0.5) is 10.1 Å². The number of carboxylic acids is 1. The Balaban J connectivity index is 2.09. The average molecular weight is 322 g/mol. The summed E-state index contributed by atoms with van der Waals surface area (Å²) in [5.41, 5.74) is -0.282. The van der Waals surface area contributed by atoms with Crippen LogP contribution in [0.2, 0.25) is 0 Å². The van der Waals surface area contributed by atoms with Gasteiger partial charge in [-0.2, -0.15) is 0 Å². The van der Waals surface area contributed by atoms with E-state index in [1.54, 1.807) is 0 Å². The lowest BCUT2D eigenvalue weighted by Gasteiger charge is -2.24. The maximum atomic E-state index is 13.9. The molecule has 0 saturated carbocycles. The van der Waals surface area contributed by atoms with Gasteiger partial charge in [-0.15, -0.1) is 0 Å². The number of hydrogen-bond donors (Lipinski definition) is 2. The van der Waals surface area contributed by atoms with Crippen molar-refractivity contribution in [2.75, 3.05) is 11.9 Å². The van der Waals surface area contributed by atoms with Crippen LogP contribution in [-0.4, -0.2) is 40.4 Å². The number of anilines is 1. The maximum Gasteiger partial charge on any atom is 0.335 e. The van der Waals surface area contributed by atoms with Gasteiger partial charge in [-0.05, 0) is 37.5 Å². The zero-order valence-electron chi connectivity index (χ0n) is 12.8. The van der Waals surface area contributed by atoms with Gasteiger partial charge in [0.05, 0.1) is 11.3 Å². The first-order chi connectivity index (χ1) is 10.9. The molecule has 1 saturated heterocycles. The van der Waals surface area contributed by atoms with E-state index in [2.05, 4.69) is 5.32 Å². The van der Waals surface area contributed by atoms with Gasteiger partial charge in [0.15, 0.2) is 0 Å². The average Bonchev–Trinajstić information content (AvgIpc) is 2.99. The molecule has 1 heterocycles. The molecule has 124 valence electrons. The smallest absolute Gasteiger partial charge is 0.335 e. The molecular formula is C16H19FN2O4. The van der Waals surface area contributed by atoms with Crippen molar-refractivity contribution in [1.82, 2.24) is 4.90 Å². The Morgan fingerprint density at radius 1 is 1.39 bits per heavy atom. The summed E-state index contributed by atoms with van der Waals surface area (Å²) in [6.07, 6.45) is 2.35. The summed E-state index contributed by atoms with van der Waals surface area (Å²) < 4.78 is 13.9. The first-order valence-electron chi connectivity index (χ1n) is 7.57. The van der Waals surface area contributed by atoms with Crippen molar-refractivity contribution in [3.8, 4) is 0 Å². The fourth-order valence-electron chi connectivity index (χ4n) is 2.66. The van der Waals surface area contributed by atoms with Gasteiger partial charge in [0, 0.05) is 13.0 Å². The quantitative estimate of drug-likeness (QED) is 0.870. The Morgan fingerprint density at radius 3 is 2.74 bits per heavy atom. The normalized spacial score (nSPS) is 17.1. The second kappa shape index (κ2) is 7.21. The molecule has 6 nitrogen and oxygen atoms in total. The van der Waals surface area contributed by atoms with Gasteiger partial charge >= 0.3 is 5.97 Å². The number of hydrogen-bond acceptors (Lipinski definition) is 3. The third-order valence-corrected chi connectivity index (χ3v) is 3.81. The molecule has 1 aliphatic heterocycles. The highest BCUT2D eigenvalue weighted by molar-refractivity contribution is 5.98. The first kappa shape index (κ1) is 16.9. The number of amides is 2. The van der Waals surface area contributed by atoms with Gasteiger partial charge in [-0.1, -0.05) is 6.92 Å². The Kier molecular flexibility index (Phi) is 5.31. The molecule has 1 unspecified atom stereocenters. The number of carbonyl (C=O) groups is 3. The van der Waals surface area contributed by atoms with Gasteiger partial charge in [0.2, 0.25) is 11.8 Å². The number of likely N-dealkylation sites (tertiary alicyclic amines) is 1. The first-order valence-corrected chi connectivity index (χ1v) is 7.57. The molecule has 1 aromatic carbocycles. The van der Waals surface area contributed by atoms with Gasteiger partial charge in [0.25, 0.3) is 0 Å². The molecule has 1 aliphatic rings. The minimum atomic E-state index is -1.24. The molecule has 1 aromatic rings. The van der Waals surface area contributed by atoms with Crippen molar-refractivity contribution >= 4 is 23.5 Å². The van der Waals surface area contributed by atoms with Gasteiger partial charge in [0.1, 0.15) is 11.9 Å². The fraction of sp³-hybridized carbons (Fsp3) is 0.438. The standard InChI is InChI=1S/C16H19FN2O4/c1-2-4-14(20)19-8-3-5-13(19)15(21)18-12-7-6-10(16(22)23)9-11(12)17/h6-7,9,13H,2-5,8H2,1H3,(H,18,21)(H,22,23). The van der Waals surface area contributed by atoms with E-state index in [0.717, 1.165) is 12.5 Å². The Labute approximate surface area is 133 Å². The maximum absolute atomic E-state index is 13.9. The lowest BCUT2D eigenvalue weighted by atomic mass is 10.1. The van der Waals surface area contributed by atoms with Crippen molar-refractivity contribution in [2.45, 2.75) is 38.6 Å². The molecule has 0 bridgehead atoms. The van der Waals surface area contributed by atoms with Crippen LogP contribution in [0.5, 0.6) is 0 Å². The van der Waals surface area contributed by atoms with Crippen LogP contribution >= 0.6 is 0 Å². The van der Waals surface area contributed by atoms with E-state index < -0.39 is 23.7 Å². The highest BCUT2D eigenvalue weighted by atomic mass is 19.1. The molecule has 0 spiro atoms. The summed E-state index contributed by atoms with van der Waals surface area (Å²) in [5, 5.41) is 11.2. The van der Waals surface area contributed by atoms with E-state index in [9.17, 15) is 18.8 Å². The summed E-state index contributed by atoms with van der Waals surface area (Å²) in [6.45, 7) is 2.42. The lowest BCUT2D eigenvalue weighted by Crippen LogP contribution is -2.43. The zero-order valence-corrected chi connectivity index (χ0v) is 12.8. The molecule has 7 heteroatoms. The van der Waals surface area contributed by atoms with Crippen molar-refractivity contribution in [3.05, 3.63) is 29.6 Å². The van der Waals surface area contributed by atoms with Gasteiger partial charge < -0.3 is 15.3 Å². The largest absolute Gasteiger partial charge is 0.478 e. The van der Waals surface area contributed by atoms with Crippen LogP contribution in [0.15, 0.2) is 18.2 Å². The number of rotatable bonds is 5. The SMILES string of the molecule is CCCC(=O)N1CCCC1C(=O)Nc1ccc(C(=O)O)cc1F. The highest BCUT2D eigenvalue weighted by Gasteiger charge is 2.33. The Bertz CT molecular complexity index is 633. The number of nitrogens with zero attached hydrogens (tertiary/aromatic N) is 1. The molecule has 2 rings (SSSR count). The molecule has 0 aliphatic carbocycles. The van der Waals surface area contributed by atoms with E-state index in [4.69, 9.17) is 5.11 Å². The van der Waals surface area contributed by atoms with E-state index in [0.29, 0.717) is 25.8 Å². The van der Waals surface area contributed by atoms with E-state index in [-0.39, 0.29) is 17.2 Å². The summed E-state index contributed by atoms with van der Waals surface area (Å²) >= 11 is 0. The third-order valence-electron chi connectivity index (χ3n) is 3.81. The second-order valence-corrected chi connectivity index (χ2v) is 5.48. The summed E-state index contributed by atoms with van der Waals surface area (Å²) in [5.74, 6) is -2.59. The minimum absolute atomic E-state index is 0.0770. The number of benzene rings is 1.